The van der Waals surface area contributed by atoms with Crippen LogP contribution in [0.15, 0.2) is 47.3 Å². The number of aromatic nitrogens is 3. The van der Waals surface area contributed by atoms with Crippen LogP contribution in [0.2, 0.25) is 5.02 Å². The molecule has 6 nitrogen and oxygen atoms in total. The van der Waals surface area contributed by atoms with Crippen LogP contribution in [0.3, 0.4) is 0 Å². The molecular weight excluding hydrogens is 366 g/mol. The second-order valence-corrected chi connectivity index (χ2v) is 6.82. The van der Waals surface area contributed by atoms with Crippen molar-refractivity contribution in [3.63, 3.8) is 0 Å². The van der Waals surface area contributed by atoms with E-state index in [1.165, 1.54) is 10.7 Å². The summed E-state index contributed by atoms with van der Waals surface area (Å²) >= 11 is 5.89. The monoisotopic (exact) mass is 385 g/mol. The van der Waals surface area contributed by atoms with E-state index in [-0.39, 0.29) is 30.4 Å². The molecule has 0 fully saturated rings. The summed E-state index contributed by atoms with van der Waals surface area (Å²) in [5.41, 5.74) is 3.14. The third-order valence-corrected chi connectivity index (χ3v) is 4.73. The fourth-order valence-electron chi connectivity index (χ4n) is 2.91. The van der Waals surface area contributed by atoms with E-state index in [4.69, 9.17) is 16.7 Å². The van der Waals surface area contributed by atoms with Gasteiger partial charge in [0.15, 0.2) is 0 Å². The van der Waals surface area contributed by atoms with E-state index in [1.54, 1.807) is 30.3 Å². The number of halogens is 1. The maximum atomic E-state index is 12.8. The second kappa shape index (κ2) is 7.90. The van der Waals surface area contributed by atoms with E-state index in [0.717, 1.165) is 11.3 Å². The Labute approximate surface area is 161 Å². The van der Waals surface area contributed by atoms with Crippen molar-refractivity contribution in [2.45, 2.75) is 26.3 Å². The molecule has 0 aliphatic heterocycles. The minimum Gasteiger partial charge on any atom is -0.394 e. The molecule has 7 heteroatoms. The summed E-state index contributed by atoms with van der Waals surface area (Å²) in [5, 5.41) is 14.0. The van der Waals surface area contributed by atoms with Crippen molar-refractivity contribution in [2.24, 2.45) is 0 Å². The van der Waals surface area contributed by atoms with Gasteiger partial charge in [0.25, 0.3) is 5.56 Å². The Balaban J connectivity index is 1.91. The van der Waals surface area contributed by atoms with Crippen LogP contribution >= 0.6 is 11.6 Å². The Morgan fingerprint density at radius 3 is 2.63 bits per heavy atom. The number of aryl methyl sites for hydroxylation is 1. The van der Waals surface area contributed by atoms with E-state index < -0.39 is 0 Å². The van der Waals surface area contributed by atoms with Crippen LogP contribution in [-0.2, 0) is 6.54 Å². The summed E-state index contributed by atoms with van der Waals surface area (Å²) < 4.78 is 1.24. The van der Waals surface area contributed by atoms with E-state index in [1.807, 2.05) is 19.9 Å². The maximum Gasteiger partial charge on any atom is 0.266 e. The molecule has 1 unspecified atom stereocenters. The van der Waals surface area contributed by atoms with Crippen LogP contribution in [0.1, 0.15) is 45.8 Å². The molecule has 140 valence electrons. The number of ketones is 1. The lowest BCUT2D eigenvalue weighted by molar-refractivity contribution is 0.103. The Hall–Kier alpha value is -2.70. The van der Waals surface area contributed by atoms with E-state index >= 15 is 0 Å². The van der Waals surface area contributed by atoms with Gasteiger partial charge in [-0.25, -0.2) is 4.68 Å². The lowest BCUT2D eigenvalue weighted by Crippen LogP contribution is -2.25. The minimum atomic E-state index is -0.263. The van der Waals surface area contributed by atoms with Crippen molar-refractivity contribution < 1.29 is 9.90 Å². The third-order valence-electron chi connectivity index (χ3n) is 4.48. The van der Waals surface area contributed by atoms with Crippen molar-refractivity contribution in [1.29, 1.82) is 0 Å². The molecule has 2 N–H and O–H groups in total. The number of benzene rings is 1. The van der Waals surface area contributed by atoms with Gasteiger partial charge in [0.05, 0.1) is 24.5 Å². The normalized spacial score (nSPS) is 12.1. The van der Waals surface area contributed by atoms with Crippen molar-refractivity contribution in [3.8, 4) is 0 Å². The quantitative estimate of drug-likeness (QED) is 0.638. The maximum absolute atomic E-state index is 12.8. The van der Waals surface area contributed by atoms with Crippen LogP contribution in [-0.4, -0.2) is 32.3 Å². The zero-order valence-electron chi connectivity index (χ0n) is 15.1. The van der Waals surface area contributed by atoms with Gasteiger partial charge >= 0.3 is 0 Å². The van der Waals surface area contributed by atoms with Gasteiger partial charge < -0.3 is 10.1 Å². The summed E-state index contributed by atoms with van der Waals surface area (Å²) in [5.74, 6) is -0.262. The molecule has 0 saturated carbocycles. The van der Waals surface area contributed by atoms with Gasteiger partial charge in [-0.05, 0) is 48.9 Å². The highest BCUT2D eigenvalue weighted by molar-refractivity contribution is 6.30. The van der Waals surface area contributed by atoms with Gasteiger partial charge in [-0.1, -0.05) is 18.5 Å². The van der Waals surface area contributed by atoms with Crippen molar-refractivity contribution in [3.05, 3.63) is 86.0 Å². The third kappa shape index (κ3) is 4.02. The van der Waals surface area contributed by atoms with Crippen molar-refractivity contribution in [2.75, 3.05) is 6.61 Å². The Morgan fingerprint density at radius 2 is 1.96 bits per heavy atom. The first kappa shape index (κ1) is 19.1. The van der Waals surface area contributed by atoms with Crippen LogP contribution in [0, 0.1) is 6.92 Å². The van der Waals surface area contributed by atoms with Crippen molar-refractivity contribution >= 4 is 17.4 Å². The van der Waals surface area contributed by atoms with E-state index in [0.29, 0.717) is 22.0 Å². The van der Waals surface area contributed by atoms with Crippen LogP contribution in [0.25, 0.3) is 0 Å². The van der Waals surface area contributed by atoms with Gasteiger partial charge in [0, 0.05) is 28.3 Å². The van der Waals surface area contributed by atoms with Crippen LogP contribution in [0.4, 0.5) is 0 Å². The fraction of sp³-hybridized carbons (Fsp3) is 0.250. The topological polar surface area (TPSA) is 88.0 Å². The molecule has 0 spiro atoms. The molecule has 27 heavy (non-hydrogen) atoms. The average molecular weight is 386 g/mol. The van der Waals surface area contributed by atoms with E-state index in [2.05, 4.69) is 10.1 Å². The molecule has 0 saturated heterocycles. The average Bonchev–Trinajstić information content (AvgIpc) is 3.05. The standard InChI is InChI=1S/C20H20ClN3O3/c1-12-11-17(13(2)16-7-8-18(26)24(23-16)9-10-25)22-19(12)20(27)14-3-5-15(21)6-4-14/h3-8,11,13,22,25H,9-10H2,1-2H3. The number of nitrogens with one attached hydrogen (secondary N) is 1. The van der Waals surface area contributed by atoms with E-state index in [9.17, 15) is 9.59 Å². The number of rotatable bonds is 6. The fourth-order valence-corrected chi connectivity index (χ4v) is 3.03. The molecule has 0 aliphatic rings. The molecule has 3 aromatic rings. The predicted molar refractivity (Wildman–Crippen MR) is 104 cm³/mol. The zero-order chi connectivity index (χ0) is 19.6. The lowest BCUT2D eigenvalue weighted by atomic mass is 10.0. The smallest absolute Gasteiger partial charge is 0.266 e. The molecule has 1 aromatic carbocycles. The summed E-state index contributed by atoms with van der Waals surface area (Å²) in [4.78, 5) is 27.7. The summed E-state index contributed by atoms with van der Waals surface area (Å²) in [6, 6.07) is 11.8. The second-order valence-electron chi connectivity index (χ2n) is 6.38. The number of aliphatic hydroxyl groups is 1. The van der Waals surface area contributed by atoms with Gasteiger partial charge in [0.1, 0.15) is 0 Å². The molecule has 2 aromatic heterocycles. The summed E-state index contributed by atoms with van der Waals surface area (Å²) in [7, 11) is 0. The van der Waals surface area contributed by atoms with Gasteiger partial charge in [0.2, 0.25) is 5.78 Å². The first-order valence-electron chi connectivity index (χ1n) is 8.59. The number of aliphatic hydroxyl groups excluding tert-OH is 1. The molecule has 2 heterocycles. The number of hydrogen-bond acceptors (Lipinski definition) is 4. The molecule has 3 rings (SSSR count). The first-order chi connectivity index (χ1) is 12.9. The Kier molecular flexibility index (Phi) is 5.58. The molecule has 0 bridgehead atoms. The highest BCUT2D eigenvalue weighted by Gasteiger charge is 2.19. The molecular formula is C20H20ClN3O3. The Morgan fingerprint density at radius 1 is 1.26 bits per heavy atom. The zero-order valence-corrected chi connectivity index (χ0v) is 15.8. The first-order valence-corrected chi connectivity index (χ1v) is 8.97. The SMILES string of the molecule is Cc1cc(C(C)c2ccc(=O)n(CCO)n2)[nH]c1C(=O)c1ccc(Cl)cc1. The molecule has 1 atom stereocenters. The number of nitrogens with zero attached hydrogens (tertiary/aromatic N) is 2. The highest BCUT2D eigenvalue weighted by Crippen LogP contribution is 2.25. The minimum absolute atomic E-state index is 0.110. The Bertz CT molecular complexity index is 1020. The van der Waals surface area contributed by atoms with Gasteiger partial charge in [-0.2, -0.15) is 5.10 Å². The number of H-pyrrole nitrogens is 1. The van der Waals surface area contributed by atoms with Crippen molar-refractivity contribution in [1.82, 2.24) is 14.8 Å². The summed E-state index contributed by atoms with van der Waals surface area (Å²) in [6.07, 6.45) is 0. The van der Waals surface area contributed by atoms with Gasteiger partial charge in [-0.15, -0.1) is 0 Å². The number of hydrogen-bond donors (Lipinski definition) is 2. The largest absolute Gasteiger partial charge is 0.394 e. The van der Waals surface area contributed by atoms with Crippen LogP contribution < -0.4 is 5.56 Å². The summed E-state index contributed by atoms with van der Waals surface area (Å²) in [6.45, 7) is 3.80. The van der Waals surface area contributed by atoms with Gasteiger partial charge in [-0.3, -0.25) is 9.59 Å². The molecule has 0 aliphatic carbocycles. The van der Waals surface area contributed by atoms with Crippen LogP contribution in [0.5, 0.6) is 0 Å². The molecule has 0 radical (unpaired) electrons. The lowest BCUT2D eigenvalue weighted by Gasteiger charge is -2.11. The number of carbonyl (C=O) groups excluding carboxylic acids is 1. The molecule has 0 amide bonds. The highest BCUT2D eigenvalue weighted by atomic mass is 35.5. The number of aromatic amines is 1. The predicted octanol–water partition coefficient (Wildman–Crippen LogP) is 2.91. The number of carbonyl (C=O) groups is 1.